The van der Waals surface area contributed by atoms with Gasteiger partial charge in [-0.25, -0.2) is 9.97 Å². The number of hydrogen-bond acceptors (Lipinski definition) is 4. The molecule has 1 aliphatic heterocycles. The zero-order chi connectivity index (χ0) is 12.4. The summed E-state index contributed by atoms with van der Waals surface area (Å²) >= 11 is 0. The second kappa shape index (κ2) is 4.46. The first-order valence-electron chi connectivity index (χ1n) is 5.90. The fourth-order valence-electron chi connectivity index (χ4n) is 2.33. The minimum Gasteiger partial charge on any atom is -0.351 e. The van der Waals surface area contributed by atoms with E-state index in [1.54, 1.807) is 6.20 Å². The van der Waals surface area contributed by atoms with Crippen LogP contribution in [0, 0.1) is 11.3 Å². The highest BCUT2D eigenvalue weighted by atomic mass is 15.2. The first-order chi connectivity index (χ1) is 8.88. The normalized spacial score (nSPS) is 13.8. The van der Waals surface area contributed by atoms with Gasteiger partial charge in [-0.1, -0.05) is 24.3 Å². The number of hydrogen-bond donors (Lipinski definition) is 0. The van der Waals surface area contributed by atoms with Crippen LogP contribution in [0.2, 0.25) is 0 Å². The van der Waals surface area contributed by atoms with Gasteiger partial charge in [-0.05, 0) is 17.5 Å². The number of anilines is 1. The number of nitriles is 1. The van der Waals surface area contributed by atoms with Crippen LogP contribution in [0.3, 0.4) is 0 Å². The summed E-state index contributed by atoms with van der Waals surface area (Å²) in [7, 11) is 0. The molecule has 1 aromatic heterocycles. The molecule has 4 heteroatoms. The predicted octanol–water partition coefficient (Wildman–Crippen LogP) is 1.91. The van der Waals surface area contributed by atoms with Crippen LogP contribution in [-0.2, 0) is 13.0 Å². The number of fused-ring (bicyclic) bond motifs is 1. The number of rotatable bonds is 1. The highest BCUT2D eigenvalue weighted by molar-refractivity contribution is 5.54. The summed E-state index contributed by atoms with van der Waals surface area (Å²) in [6.07, 6.45) is 4.06. The van der Waals surface area contributed by atoms with E-state index in [0.717, 1.165) is 25.3 Å². The summed E-state index contributed by atoms with van der Waals surface area (Å²) in [4.78, 5) is 10.3. The fraction of sp³-hybridized carbons (Fsp3) is 0.214. The molecule has 0 atom stereocenters. The number of benzene rings is 1. The van der Waals surface area contributed by atoms with Crippen molar-refractivity contribution in [2.75, 3.05) is 11.4 Å². The van der Waals surface area contributed by atoms with Crippen molar-refractivity contribution >= 4 is 5.82 Å². The summed E-state index contributed by atoms with van der Waals surface area (Å²) in [5.41, 5.74) is 3.24. The molecule has 0 spiro atoms. The molecule has 4 nitrogen and oxygen atoms in total. The predicted molar refractivity (Wildman–Crippen MR) is 67.9 cm³/mol. The molecular formula is C14H12N4. The van der Waals surface area contributed by atoms with E-state index < -0.39 is 0 Å². The van der Waals surface area contributed by atoms with Gasteiger partial charge in [0.05, 0.1) is 6.20 Å². The van der Waals surface area contributed by atoms with Gasteiger partial charge in [-0.3, -0.25) is 0 Å². The third kappa shape index (κ3) is 1.80. The molecule has 0 N–H and O–H groups in total. The van der Waals surface area contributed by atoms with Crippen LogP contribution in [0.1, 0.15) is 16.7 Å². The molecule has 88 valence electrons. The molecule has 0 unspecified atom stereocenters. The first-order valence-corrected chi connectivity index (χ1v) is 5.90. The van der Waals surface area contributed by atoms with Crippen LogP contribution in [0.4, 0.5) is 5.82 Å². The van der Waals surface area contributed by atoms with E-state index in [1.807, 2.05) is 6.07 Å². The Labute approximate surface area is 106 Å². The van der Waals surface area contributed by atoms with Crippen molar-refractivity contribution in [1.29, 1.82) is 5.26 Å². The lowest BCUT2D eigenvalue weighted by Gasteiger charge is -2.30. The zero-order valence-electron chi connectivity index (χ0n) is 9.87. The van der Waals surface area contributed by atoms with Gasteiger partial charge in [-0.15, -0.1) is 0 Å². The molecule has 1 aliphatic rings. The van der Waals surface area contributed by atoms with Gasteiger partial charge in [0.25, 0.3) is 0 Å². The maximum atomic E-state index is 9.09. The van der Waals surface area contributed by atoms with E-state index >= 15 is 0 Å². The van der Waals surface area contributed by atoms with Crippen LogP contribution < -0.4 is 4.90 Å². The molecule has 0 amide bonds. The van der Waals surface area contributed by atoms with Gasteiger partial charge < -0.3 is 4.90 Å². The summed E-state index contributed by atoms with van der Waals surface area (Å²) in [5, 5.41) is 9.09. The average Bonchev–Trinajstić information content (AvgIpc) is 2.46. The standard InChI is InChI=1S/C14H12N4/c15-7-13-8-16-10-17-14(13)18-6-5-11-3-1-2-4-12(11)9-18/h1-4,8,10H,5-6,9H2. The molecule has 2 aromatic rings. The molecule has 3 rings (SSSR count). The minimum absolute atomic E-state index is 0.539. The highest BCUT2D eigenvalue weighted by Gasteiger charge is 2.19. The molecule has 18 heavy (non-hydrogen) atoms. The van der Waals surface area contributed by atoms with Crippen LogP contribution in [-0.4, -0.2) is 16.5 Å². The Bertz CT molecular complexity index is 615. The summed E-state index contributed by atoms with van der Waals surface area (Å²) in [5.74, 6) is 0.738. The van der Waals surface area contributed by atoms with E-state index in [1.165, 1.54) is 17.5 Å². The zero-order valence-corrected chi connectivity index (χ0v) is 9.87. The fourth-order valence-corrected chi connectivity index (χ4v) is 2.33. The molecular weight excluding hydrogens is 224 g/mol. The summed E-state index contributed by atoms with van der Waals surface area (Å²) < 4.78 is 0. The monoisotopic (exact) mass is 236 g/mol. The molecule has 0 saturated carbocycles. The van der Waals surface area contributed by atoms with Crippen LogP contribution >= 0.6 is 0 Å². The second-order valence-corrected chi connectivity index (χ2v) is 4.31. The SMILES string of the molecule is N#Cc1cncnc1N1CCc2ccccc2C1. The first kappa shape index (κ1) is 10.7. The Morgan fingerprint density at radius 2 is 2.06 bits per heavy atom. The third-order valence-corrected chi connectivity index (χ3v) is 3.24. The Morgan fingerprint density at radius 3 is 2.89 bits per heavy atom. The van der Waals surface area contributed by atoms with Crippen molar-refractivity contribution < 1.29 is 0 Å². The van der Waals surface area contributed by atoms with Gasteiger partial charge >= 0.3 is 0 Å². The maximum Gasteiger partial charge on any atom is 0.150 e. The largest absolute Gasteiger partial charge is 0.351 e. The van der Waals surface area contributed by atoms with Gasteiger partial charge in [0, 0.05) is 13.1 Å². The molecule has 0 saturated heterocycles. The van der Waals surface area contributed by atoms with Gasteiger partial charge in [0.2, 0.25) is 0 Å². The van der Waals surface area contributed by atoms with Gasteiger partial charge in [-0.2, -0.15) is 5.26 Å². The van der Waals surface area contributed by atoms with Crippen LogP contribution in [0.15, 0.2) is 36.8 Å². The van der Waals surface area contributed by atoms with Crippen molar-refractivity contribution in [2.45, 2.75) is 13.0 Å². The summed E-state index contributed by atoms with van der Waals surface area (Å²) in [6, 6.07) is 10.6. The van der Waals surface area contributed by atoms with E-state index in [4.69, 9.17) is 5.26 Å². The lowest BCUT2D eigenvalue weighted by Crippen LogP contribution is -2.31. The Hall–Kier alpha value is -2.41. The highest BCUT2D eigenvalue weighted by Crippen LogP contribution is 2.24. The number of nitrogens with zero attached hydrogens (tertiary/aromatic N) is 4. The molecule has 0 aliphatic carbocycles. The van der Waals surface area contributed by atoms with Gasteiger partial charge in [0.1, 0.15) is 23.8 Å². The smallest absolute Gasteiger partial charge is 0.150 e. The molecule has 0 radical (unpaired) electrons. The Balaban J connectivity index is 1.95. The van der Waals surface area contributed by atoms with E-state index in [0.29, 0.717) is 5.56 Å². The maximum absolute atomic E-state index is 9.09. The topological polar surface area (TPSA) is 52.8 Å². The Kier molecular flexibility index (Phi) is 2.66. The van der Waals surface area contributed by atoms with Crippen molar-refractivity contribution in [3.05, 3.63) is 53.5 Å². The average molecular weight is 236 g/mol. The second-order valence-electron chi connectivity index (χ2n) is 4.31. The molecule has 0 bridgehead atoms. The quantitative estimate of drug-likeness (QED) is 0.759. The Morgan fingerprint density at radius 1 is 1.22 bits per heavy atom. The van der Waals surface area contributed by atoms with Crippen molar-refractivity contribution in [1.82, 2.24) is 9.97 Å². The van der Waals surface area contributed by atoms with Crippen molar-refractivity contribution in [3.63, 3.8) is 0 Å². The lowest BCUT2D eigenvalue weighted by atomic mass is 10.00. The van der Waals surface area contributed by atoms with Crippen LogP contribution in [0.25, 0.3) is 0 Å². The summed E-state index contributed by atoms with van der Waals surface area (Å²) in [6.45, 7) is 1.70. The van der Waals surface area contributed by atoms with Crippen molar-refractivity contribution in [2.24, 2.45) is 0 Å². The third-order valence-electron chi connectivity index (χ3n) is 3.24. The van der Waals surface area contributed by atoms with E-state index in [2.05, 4.69) is 39.1 Å². The van der Waals surface area contributed by atoms with E-state index in [9.17, 15) is 0 Å². The molecule has 2 heterocycles. The van der Waals surface area contributed by atoms with E-state index in [-0.39, 0.29) is 0 Å². The van der Waals surface area contributed by atoms with Crippen molar-refractivity contribution in [3.8, 4) is 6.07 Å². The molecule has 0 fully saturated rings. The number of aromatic nitrogens is 2. The minimum atomic E-state index is 0.539. The van der Waals surface area contributed by atoms with Gasteiger partial charge in [0.15, 0.2) is 0 Å². The van der Waals surface area contributed by atoms with Crippen LogP contribution in [0.5, 0.6) is 0 Å². The lowest BCUT2D eigenvalue weighted by molar-refractivity contribution is 0.718. The molecule has 1 aromatic carbocycles.